The molecule has 22 heavy (non-hydrogen) atoms. The van der Waals surface area contributed by atoms with Crippen LogP contribution in [0, 0.1) is 6.92 Å². The molecular formula is C14H11ClN4O2S. The van der Waals surface area contributed by atoms with Crippen LogP contribution in [0.1, 0.15) is 21.9 Å². The molecule has 1 N–H and O–H groups in total. The zero-order chi connectivity index (χ0) is 15.5. The molecule has 6 nitrogen and oxygen atoms in total. The number of halogens is 1. The van der Waals surface area contributed by atoms with Gasteiger partial charge in [-0.05, 0) is 42.7 Å². The van der Waals surface area contributed by atoms with E-state index in [4.69, 9.17) is 16.1 Å². The number of carbonyl (C=O) groups is 1. The van der Waals surface area contributed by atoms with Crippen LogP contribution in [0.3, 0.4) is 0 Å². The highest BCUT2D eigenvalue weighted by Gasteiger charge is 2.13. The van der Waals surface area contributed by atoms with Gasteiger partial charge in [0.25, 0.3) is 5.91 Å². The van der Waals surface area contributed by atoms with E-state index in [9.17, 15) is 4.79 Å². The molecule has 1 amide bonds. The topological polar surface area (TPSA) is 80.9 Å². The van der Waals surface area contributed by atoms with E-state index in [1.165, 1.54) is 11.5 Å². The monoisotopic (exact) mass is 334 g/mol. The maximum Gasteiger partial charge on any atom is 0.254 e. The third kappa shape index (κ3) is 3.15. The number of nitrogens with one attached hydrogen (secondary N) is 1. The Balaban J connectivity index is 1.66. The first kappa shape index (κ1) is 14.7. The molecule has 0 bridgehead atoms. The van der Waals surface area contributed by atoms with E-state index >= 15 is 0 Å². The number of nitrogens with zero attached hydrogens (tertiary/aromatic N) is 3. The molecule has 2 aromatic heterocycles. The molecule has 3 aromatic rings. The summed E-state index contributed by atoms with van der Waals surface area (Å²) in [7, 11) is 0. The smallest absolute Gasteiger partial charge is 0.254 e. The minimum absolute atomic E-state index is 0.161. The van der Waals surface area contributed by atoms with Gasteiger partial charge in [0.1, 0.15) is 0 Å². The van der Waals surface area contributed by atoms with Crippen LogP contribution in [-0.4, -0.2) is 20.4 Å². The van der Waals surface area contributed by atoms with Crippen molar-refractivity contribution in [3.8, 4) is 11.4 Å². The first-order chi connectivity index (χ1) is 10.6. The molecule has 3 rings (SSSR count). The molecule has 2 heterocycles. The lowest BCUT2D eigenvalue weighted by Gasteiger charge is -2.00. The van der Waals surface area contributed by atoms with Gasteiger partial charge in [-0.3, -0.25) is 4.79 Å². The molecule has 0 fully saturated rings. The Labute approximate surface area is 135 Å². The largest absolute Gasteiger partial charge is 0.343 e. The van der Waals surface area contributed by atoms with Crippen LogP contribution in [0.5, 0.6) is 0 Å². The van der Waals surface area contributed by atoms with Crippen LogP contribution in [-0.2, 0) is 6.54 Å². The quantitative estimate of drug-likeness (QED) is 0.793. The van der Waals surface area contributed by atoms with Crippen molar-refractivity contribution in [2.24, 2.45) is 0 Å². The summed E-state index contributed by atoms with van der Waals surface area (Å²) in [6.45, 7) is 1.95. The fourth-order valence-electron chi connectivity index (χ4n) is 1.80. The Morgan fingerprint density at radius 2 is 2.14 bits per heavy atom. The fraction of sp³-hybridized carbons (Fsp3) is 0.143. The second-order valence-corrected chi connectivity index (χ2v) is 5.58. The summed E-state index contributed by atoms with van der Waals surface area (Å²) in [6.07, 6.45) is 0. The average molecular weight is 335 g/mol. The summed E-state index contributed by atoms with van der Waals surface area (Å²) < 4.78 is 9.19. The molecule has 0 radical (unpaired) electrons. The third-order valence-electron chi connectivity index (χ3n) is 2.97. The average Bonchev–Trinajstić information content (AvgIpc) is 3.14. The molecule has 0 aliphatic heterocycles. The van der Waals surface area contributed by atoms with Gasteiger partial charge in [0, 0.05) is 16.0 Å². The van der Waals surface area contributed by atoms with Gasteiger partial charge < -0.3 is 9.84 Å². The molecule has 0 saturated carbocycles. The van der Waals surface area contributed by atoms with E-state index in [0.29, 0.717) is 28.0 Å². The van der Waals surface area contributed by atoms with Crippen LogP contribution in [0.15, 0.2) is 34.2 Å². The van der Waals surface area contributed by atoms with Crippen molar-refractivity contribution in [2.75, 3.05) is 0 Å². The Morgan fingerprint density at radius 1 is 1.36 bits per heavy atom. The zero-order valence-corrected chi connectivity index (χ0v) is 13.1. The Bertz CT molecular complexity index is 797. The van der Waals surface area contributed by atoms with Gasteiger partial charge in [0.2, 0.25) is 11.7 Å². The highest BCUT2D eigenvalue weighted by molar-refractivity contribution is 7.03. The number of aromatic nitrogens is 3. The first-order valence-corrected chi connectivity index (χ1v) is 7.62. The van der Waals surface area contributed by atoms with Crippen molar-refractivity contribution in [1.29, 1.82) is 0 Å². The number of rotatable bonds is 4. The van der Waals surface area contributed by atoms with Crippen molar-refractivity contribution in [1.82, 2.24) is 19.8 Å². The third-order valence-corrected chi connectivity index (χ3v) is 3.94. The lowest BCUT2D eigenvalue weighted by atomic mass is 10.2. The van der Waals surface area contributed by atoms with Gasteiger partial charge >= 0.3 is 0 Å². The molecule has 0 unspecified atom stereocenters. The van der Waals surface area contributed by atoms with Gasteiger partial charge in [0.15, 0.2) is 0 Å². The maximum absolute atomic E-state index is 12.0. The van der Waals surface area contributed by atoms with Crippen LogP contribution in [0.4, 0.5) is 0 Å². The van der Waals surface area contributed by atoms with E-state index in [1.54, 1.807) is 36.6 Å². The van der Waals surface area contributed by atoms with E-state index in [-0.39, 0.29) is 12.5 Å². The van der Waals surface area contributed by atoms with Gasteiger partial charge in [-0.25, -0.2) is 0 Å². The van der Waals surface area contributed by atoms with Gasteiger partial charge in [-0.2, -0.15) is 9.36 Å². The van der Waals surface area contributed by atoms with Crippen LogP contribution in [0.2, 0.25) is 5.02 Å². The highest BCUT2D eigenvalue weighted by Crippen LogP contribution is 2.18. The number of aryl methyl sites for hydroxylation is 1. The van der Waals surface area contributed by atoms with Crippen molar-refractivity contribution < 1.29 is 9.32 Å². The van der Waals surface area contributed by atoms with Crippen LogP contribution < -0.4 is 5.32 Å². The van der Waals surface area contributed by atoms with Crippen LogP contribution in [0.25, 0.3) is 11.4 Å². The fourth-order valence-corrected chi connectivity index (χ4v) is 2.62. The lowest BCUT2D eigenvalue weighted by Crippen LogP contribution is -2.23. The van der Waals surface area contributed by atoms with Gasteiger partial charge in [-0.1, -0.05) is 16.8 Å². The van der Waals surface area contributed by atoms with Crippen molar-refractivity contribution in [2.45, 2.75) is 13.5 Å². The number of benzene rings is 1. The van der Waals surface area contributed by atoms with E-state index in [0.717, 1.165) is 5.56 Å². The van der Waals surface area contributed by atoms with E-state index < -0.39 is 0 Å². The molecular weight excluding hydrogens is 324 g/mol. The Morgan fingerprint density at radius 3 is 2.82 bits per heavy atom. The molecule has 112 valence electrons. The summed E-state index contributed by atoms with van der Waals surface area (Å²) >= 11 is 7.08. The SMILES string of the molecule is Cc1nscc1C(=O)NCc1nc(-c2ccc(Cl)cc2)no1. The molecule has 0 saturated heterocycles. The standard InChI is InChI=1S/C14H11ClN4O2S/c1-8-11(7-22-19-8)14(20)16-6-12-17-13(18-21-12)9-2-4-10(15)5-3-9/h2-5,7H,6H2,1H3,(H,16,20). The number of hydrogen-bond donors (Lipinski definition) is 1. The second kappa shape index (κ2) is 6.25. The molecule has 0 spiro atoms. The molecule has 0 atom stereocenters. The minimum Gasteiger partial charge on any atom is -0.343 e. The highest BCUT2D eigenvalue weighted by atomic mass is 35.5. The molecule has 8 heteroatoms. The number of hydrogen-bond acceptors (Lipinski definition) is 6. The predicted molar refractivity (Wildman–Crippen MR) is 82.8 cm³/mol. The molecule has 1 aromatic carbocycles. The second-order valence-electron chi connectivity index (χ2n) is 4.51. The molecule has 0 aliphatic carbocycles. The predicted octanol–water partition coefficient (Wildman–Crippen LogP) is 3.08. The first-order valence-electron chi connectivity index (χ1n) is 6.41. The summed E-state index contributed by atoms with van der Waals surface area (Å²) in [4.78, 5) is 16.2. The number of carbonyl (C=O) groups excluding carboxylic acids is 1. The maximum atomic E-state index is 12.0. The summed E-state index contributed by atoms with van der Waals surface area (Å²) in [5.41, 5.74) is 2.06. The Kier molecular flexibility index (Phi) is 4.17. The normalized spacial score (nSPS) is 10.6. The summed E-state index contributed by atoms with van der Waals surface area (Å²) in [5.74, 6) is 0.575. The lowest BCUT2D eigenvalue weighted by molar-refractivity contribution is 0.0946. The summed E-state index contributed by atoms with van der Waals surface area (Å²) in [6, 6.07) is 7.11. The van der Waals surface area contributed by atoms with Gasteiger partial charge in [0.05, 0.1) is 17.8 Å². The van der Waals surface area contributed by atoms with E-state index in [1.807, 2.05) is 0 Å². The van der Waals surface area contributed by atoms with Gasteiger partial charge in [-0.15, -0.1) is 0 Å². The zero-order valence-electron chi connectivity index (χ0n) is 11.5. The van der Waals surface area contributed by atoms with Crippen molar-refractivity contribution in [3.63, 3.8) is 0 Å². The van der Waals surface area contributed by atoms with Crippen molar-refractivity contribution >= 4 is 29.0 Å². The van der Waals surface area contributed by atoms with Crippen molar-refractivity contribution in [3.05, 3.63) is 51.8 Å². The Hall–Kier alpha value is -2.25. The molecule has 0 aliphatic rings. The summed E-state index contributed by atoms with van der Waals surface area (Å²) in [5, 5.41) is 8.95. The van der Waals surface area contributed by atoms with E-state index in [2.05, 4.69) is 19.8 Å². The minimum atomic E-state index is -0.211. The number of amides is 1. The van der Waals surface area contributed by atoms with Crippen LogP contribution >= 0.6 is 23.1 Å².